The molecule has 41 heavy (non-hydrogen) atoms. The van der Waals surface area contributed by atoms with E-state index in [1.54, 1.807) is 13.0 Å². The van der Waals surface area contributed by atoms with Crippen LogP contribution in [0.15, 0.2) is 103 Å². The molecule has 1 aromatic heterocycles. The van der Waals surface area contributed by atoms with Crippen LogP contribution in [0.25, 0.3) is 10.9 Å². The molecule has 5 aromatic rings. The van der Waals surface area contributed by atoms with Gasteiger partial charge in [-0.2, -0.15) is 0 Å². The Morgan fingerprint density at radius 3 is 1.93 bits per heavy atom. The molecule has 0 aliphatic rings. The van der Waals surface area contributed by atoms with Gasteiger partial charge in [-0.05, 0) is 35.7 Å². The van der Waals surface area contributed by atoms with Gasteiger partial charge in [-0.15, -0.1) is 0 Å². The normalized spacial score (nSPS) is 10.6. The van der Waals surface area contributed by atoms with Gasteiger partial charge in [0.2, 0.25) is 0 Å². The van der Waals surface area contributed by atoms with Gasteiger partial charge in [0.1, 0.15) is 36.8 Å². The maximum Gasteiger partial charge on any atom is 0.354 e. The molecule has 0 aliphatic heterocycles. The molecule has 6 nitrogen and oxygen atoms in total. The number of benzene rings is 4. The van der Waals surface area contributed by atoms with Gasteiger partial charge in [-0.1, -0.05) is 103 Å². The fraction of sp³-hybridized carbons (Fsp3) is 0.143. The lowest BCUT2D eigenvalue weighted by atomic mass is 10.0. The minimum Gasteiger partial charge on any atom is -0.488 e. The average molecular weight is 544 g/mol. The van der Waals surface area contributed by atoms with Gasteiger partial charge in [0.15, 0.2) is 5.69 Å². The smallest absolute Gasteiger partial charge is 0.354 e. The molecule has 6 heteroatoms. The molecule has 0 fully saturated rings. The number of carbonyl (C=O) groups is 1. The molecule has 5 rings (SSSR count). The first-order chi connectivity index (χ1) is 20.1. The highest BCUT2D eigenvalue weighted by Gasteiger charge is 2.21. The third-order valence-electron chi connectivity index (χ3n) is 6.42. The molecular formula is C35H29NO5. The van der Waals surface area contributed by atoms with Crippen LogP contribution < -0.4 is 9.47 Å². The van der Waals surface area contributed by atoms with Gasteiger partial charge >= 0.3 is 5.97 Å². The standard InChI is InChI=1S/C35H29NO5/c1-25-32(35(37)38)36-33-30(34(25)41-24-28-16-9-4-10-17-28)20-29(18-11-19-39-22-26-12-5-2-6-13-26)21-31(33)40-23-27-14-7-3-8-15-27/h2-10,12-17,20-21H,19,22-24H2,1H3,(H,37,38). The highest BCUT2D eigenvalue weighted by atomic mass is 16.5. The van der Waals surface area contributed by atoms with E-state index in [0.717, 1.165) is 16.7 Å². The lowest BCUT2D eigenvalue weighted by Gasteiger charge is -2.17. The highest BCUT2D eigenvalue weighted by Crippen LogP contribution is 2.37. The summed E-state index contributed by atoms with van der Waals surface area (Å²) in [4.78, 5) is 16.7. The van der Waals surface area contributed by atoms with Crippen molar-refractivity contribution in [3.63, 3.8) is 0 Å². The Balaban J connectivity index is 1.51. The summed E-state index contributed by atoms with van der Waals surface area (Å²) in [5, 5.41) is 10.6. The molecule has 0 radical (unpaired) electrons. The Kier molecular flexibility index (Phi) is 8.90. The first kappa shape index (κ1) is 27.4. The van der Waals surface area contributed by atoms with Crippen molar-refractivity contribution >= 4 is 16.9 Å². The van der Waals surface area contributed by atoms with Crippen LogP contribution in [0.1, 0.15) is 38.3 Å². The maximum atomic E-state index is 12.2. The maximum absolute atomic E-state index is 12.2. The second-order valence-electron chi connectivity index (χ2n) is 9.42. The van der Waals surface area contributed by atoms with E-state index in [1.165, 1.54) is 0 Å². The summed E-state index contributed by atoms with van der Waals surface area (Å²) in [5.41, 5.74) is 4.44. The molecule has 4 aromatic carbocycles. The van der Waals surface area contributed by atoms with Crippen LogP contribution in [0.3, 0.4) is 0 Å². The van der Waals surface area contributed by atoms with Gasteiger partial charge in [-0.3, -0.25) is 0 Å². The number of aromatic carboxylic acids is 1. The molecule has 0 aliphatic carbocycles. The zero-order valence-corrected chi connectivity index (χ0v) is 22.7. The van der Waals surface area contributed by atoms with Gasteiger partial charge in [0.25, 0.3) is 0 Å². The summed E-state index contributed by atoms with van der Waals surface area (Å²) in [6, 6.07) is 33.0. The van der Waals surface area contributed by atoms with E-state index in [2.05, 4.69) is 16.8 Å². The van der Waals surface area contributed by atoms with Crippen molar-refractivity contribution in [2.24, 2.45) is 0 Å². The quantitative estimate of drug-likeness (QED) is 0.151. The molecular weight excluding hydrogens is 514 g/mol. The van der Waals surface area contributed by atoms with Gasteiger partial charge in [0, 0.05) is 16.5 Å². The van der Waals surface area contributed by atoms with Crippen LogP contribution >= 0.6 is 0 Å². The lowest BCUT2D eigenvalue weighted by molar-refractivity contribution is 0.0689. The van der Waals surface area contributed by atoms with Crippen molar-refractivity contribution in [2.45, 2.75) is 26.7 Å². The number of pyridine rings is 1. The van der Waals surface area contributed by atoms with Crippen molar-refractivity contribution in [3.8, 4) is 23.3 Å². The van der Waals surface area contributed by atoms with Crippen LogP contribution in [0.2, 0.25) is 0 Å². The Hall–Kier alpha value is -5.12. The summed E-state index contributed by atoms with van der Waals surface area (Å²) in [6.45, 7) is 2.97. The van der Waals surface area contributed by atoms with E-state index < -0.39 is 5.97 Å². The third kappa shape index (κ3) is 7.10. The number of hydrogen-bond donors (Lipinski definition) is 1. The Bertz CT molecular complexity index is 1690. The SMILES string of the molecule is Cc1c(C(=O)O)nc2c(OCc3ccccc3)cc(C#CCOCc3ccccc3)cc2c1OCc1ccccc1. The van der Waals surface area contributed by atoms with Gasteiger partial charge in [0.05, 0.1) is 6.61 Å². The molecule has 0 spiro atoms. The number of carboxylic acids is 1. The van der Waals surface area contributed by atoms with Crippen molar-refractivity contribution in [2.75, 3.05) is 6.61 Å². The number of rotatable bonds is 10. The van der Waals surface area contributed by atoms with Crippen molar-refractivity contribution in [1.29, 1.82) is 0 Å². The van der Waals surface area contributed by atoms with Gasteiger partial charge < -0.3 is 19.3 Å². The van der Waals surface area contributed by atoms with E-state index >= 15 is 0 Å². The molecule has 0 unspecified atom stereocenters. The summed E-state index contributed by atoms with van der Waals surface area (Å²) in [6.07, 6.45) is 0. The second kappa shape index (κ2) is 13.3. The molecule has 0 saturated heterocycles. The van der Waals surface area contributed by atoms with Crippen LogP contribution in [-0.4, -0.2) is 22.7 Å². The average Bonchev–Trinajstić information content (AvgIpc) is 3.00. The van der Waals surface area contributed by atoms with E-state index in [1.807, 2.05) is 97.1 Å². The predicted molar refractivity (Wildman–Crippen MR) is 158 cm³/mol. The molecule has 204 valence electrons. The molecule has 1 heterocycles. The summed E-state index contributed by atoms with van der Waals surface area (Å²) < 4.78 is 18.2. The molecule has 0 bridgehead atoms. The zero-order valence-electron chi connectivity index (χ0n) is 22.7. The molecule has 0 amide bonds. The fourth-order valence-electron chi connectivity index (χ4n) is 4.38. The summed E-state index contributed by atoms with van der Waals surface area (Å²) in [7, 11) is 0. The number of hydrogen-bond acceptors (Lipinski definition) is 5. The lowest BCUT2D eigenvalue weighted by Crippen LogP contribution is -2.08. The predicted octanol–water partition coefficient (Wildman–Crippen LogP) is 6.97. The summed E-state index contributed by atoms with van der Waals surface area (Å²) >= 11 is 0. The number of ether oxygens (including phenoxy) is 3. The van der Waals surface area contributed by atoms with Crippen LogP contribution in [-0.2, 0) is 24.6 Å². The van der Waals surface area contributed by atoms with E-state index in [0.29, 0.717) is 40.1 Å². The largest absolute Gasteiger partial charge is 0.488 e. The first-order valence-corrected chi connectivity index (χ1v) is 13.2. The van der Waals surface area contributed by atoms with E-state index in [4.69, 9.17) is 14.2 Å². The zero-order chi connectivity index (χ0) is 28.4. The summed E-state index contributed by atoms with van der Waals surface area (Å²) in [5.74, 6) is 5.96. The van der Waals surface area contributed by atoms with Crippen LogP contribution in [0, 0.1) is 18.8 Å². The van der Waals surface area contributed by atoms with Crippen LogP contribution in [0.4, 0.5) is 0 Å². The minimum atomic E-state index is -1.14. The third-order valence-corrected chi connectivity index (χ3v) is 6.42. The molecule has 1 N–H and O–H groups in total. The fourth-order valence-corrected chi connectivity index (χ4v) is 4.38. The number of nitrogens with zero attached hydrogens (tertiary/aromatic N) is 1. The van der Waals surface area contributed by atoms with Crippen LogP contribution in [0.5, 0.6) is 11.5 Å². The topological polar surface area (TPSA) is 77.9 Å². The molecule has 0 saturated carbocycles. The minimum absolute atomic E-state index is 0.0849. The number of fused-ring (bicyclic) bond motifs is 1. The number of aromatic nitrogens is 1. The first-order valence-electron chi connectivity index (χ1n) is 13.2. The second-order valence-corrected chi connectivity index (χ2v) is 9.42. The highest BCUT2D eigenvalue weighted by molar-refractivity contribution is 5.98. The van der Waals surface area contributed by atoms with Gasteiger partial charge in [-0.25, -0.2) is 9.78 Å². The van der Waals surface area contributed by atoms with Crippen molar-refractivity contribution in [1.82, 2.24) is 4.98 Å². The monoisotopic (exact) mass is 543 g/mol. The number of carboxylic acid groups (broad SMARTS) is 1. The van der Waals surface area contributed by atoms with Crippen molar-refractivity contribution < 1.29 is 24.1 Å². The molecule has 0 atom stereocenters. The Morgan fingerprint density at radius 1 is 0.780 bits per heavy atom. The van der Waals surface area contributed by atoms with E-state index in [9.17, 15) is 9.90 Å². The van der Waals surface area contributed by atoms with Crippen molar-refractivity contribution in [3.05, 3.63) is 137 Å². The Labute approximate surface area is 239 Å². The van der Waals surface area contributed by atoms with E-state index in [-0.39, 0.29) is 25.5 Å². The Morgan fingerprint density at radius 2 is 1.34 bits per heavy atom.